The van der Waals surface area contributed by atoms with Gasteiger partial charge in [-0.2, -0.15) is 10.1 Å². The van der Waals surface area contributed by atoms with E-state index in [2.05, 4.69) is 15.1 Å². The molecule has 0 N–H and O–H groups in total. The van der Waals surface area contributed by atoms with Crippen LogP contribution in [0.2, 0.25) is 0 Å². The Morgan fingerprint density at radius 1 is 0.964 bits per heavy atom. The molecule has 0 saturated heterocycles. The molecule has 2 heterocycles. The van der Waals surface area contributed by atoms with E-state index in [0.29, 0.717) is 28.8 Å². The molecular weight excluding hydrogens is 352 g/mol. The Morgan fingerprint density at radius 2 is 1.64 bits per heavy atom. The molecule has 2 aromatic heterocycles. The molecular formula is C22H18N4O2. The van der Waals surface area contributed by atoms with Gasteiger partial charge in [-0.3, -0.25) is 4.79 Å². The topological polar surface area (TPSA) is 69.9 Å². The first-order chi connectivity index (χ1) is 13.6. The van der Waals surface area contributed by atoms with Crippen molar-refractivity contribution in [3.05, 3.63) is 84.2 Å². The molecule has 2 aromatic carbocycles. The smallest absolute Gasteiger partial charge is 0.225 e. The summed E-state index contributed by atoms with van der Waals surface area (Å²) in [6.07, 6.45) is 1.56. The van der Waals surface area contributed by atoms with Gasteiger partial charge < -0.3 is 4.74 Å². The first-order valence-electron chi connectivity index (χ1n) is 8.85. The molecule has 4 aromatic rings. The predicted octanol–water partition coefficient (Wildman–Crippen LogP) is 4.63. The van der Waals surface area contributed by atoms with Gasteiger partial charge in [0.15, 0.2) is 17.4 Å². The molecule has 0 aliphatic carbocycles. The van der Waals surface area contributed by atoms with E-state index in [9.17, 15) is 4.79 Å². The van der Waals surface area contributed by atoms with Gasteiger partial charge in [-0.25, -0.2) is 9.67 Å². The summed E-state index contributed by atoms with van der Waals surface area (Å²) in [5, 5.41) is 4.34. The number of Topliss-reactive ketones (excluding diaryl/α,β-unsaturated/α-hetero) is 1. The van der Waals surface area contributed by atoms with Crippen LogP contribution in [0.5, 0.6) is 11.6 Å². The van der Waals surface area contributed by atoms with E-state index >= 15 is 0 Å². The van der Waals surface area contributed by atoms with Crippen molar-refractivity contribution in [2.75, 3.05) is 0 Å². The minimum atomic E-state index is -0.0400. The van der Waals surface area contributed by atoms with E-state index in [-0.39, 0.29) is 5.78 Å². The Kier molecular flexibility index (Phi) is 4.68. The van der Waals surface area contributed by atoms with Crippen LogP contribution in [-0.4, -0.2) is 25.5 Å². The zero-order valence-electron chi connectivity index (χ0n) is 15.5. The van der Waals surface area contributed by atoms with Crippen molar-refractivity contribution in [3.63, 3.8) is 0 Å². The monoisotopic (exact) mass is 370 g/mol. The summed E-state index contributed by atoms with van der Waals surface area (Å²) in [5.74, 6) is 2.08. The van der Waals surface area contributed by atoms with Gasteiger partial charge in [-0.1, -0.05) is 48.5 Å². The standard InChI is InChI=1S/C22H18N4O2/c1-15-19(16(2)27)14-23-26(15)20-13-21(28-18-11-7-4-8-12-18)25-22(24-20)17-9-5-3-6-10-17/h3-14H,1-2H3. The highest BCUT2D eigenvalue weighted by Crippen LogP contribution is 2.25. The highest BCUT2D eigenvalue weighted by molar-refractivity contribution is 5.95. The molecule has 0 amide bonds. The number of nitrogens with zero attached hydrogens (tertiary/aromatic N) is 4. The highest BCUT2D eigenvalue weighted by Gasteiger charge is 2.16. The van der Waals surface area contributed by atoms with Crippen LogP contribution in [0.4, 0.5) is 0 Å². The highest BCUT2D eigenvalue weighted by atomic mass is 16.5. The van der Waals surface area contributed by atoms with Gasteiger partial charge in [-0.15, -0.1) is 0 Å². The number of rotatable bonds is 5. The maximum atomic E-state index is 11.8. The van der Waals surface area contributed by atoms with Gasteiger partial charge >= 0.3 is 0 Å². The van der Waals surface area contributed by atoms with Crippen LogP contribution in [0.1, 0.15) is 23.0 Å². The minimum Gasteiger partial charge on any atom is -0.439 e. The maximum Gasteiger partial charge on any atom is 0.225 e. The SMILES string of the molecule is CC(=O)c1cnn(-c2cc(Oc3ccccc3)nc(-c3ccccc3)n2)c1C. The van der Waals surface area contributed by atoms with E-state index in [4.69, 9.17) is 4.74 Å². The molecule has 0 atom stereocenters. The van der Waals surface area contributed by atoms with E-state index in [1.165, 1.54) is 6.92 Å². The molecule has 0 spiro atoms. The van der Waals surface area contributed by atoms with Gasteiger partial charge in [0.25, 0.3) is 0 Å². The molecule has 6 heteroatoms. The minimum absolute atomic E-state index is 0.0400. The van der Waals surface area contributed by atoms with Gasteiger partial charge in [0.2, 0.25) is 5.88 Å². The molecule has 6 nitrogen and oxygen atoms in total. The number of benzene rings is 2. The fourth-order valence-corrected chi connectivity index (χ4v) is 2.89. The Balaban J connectivity index is 1.83. The van der Waals surface area contributed by atoms with Crippen LogP contribution in [0.15, 0.2) is 72.9 Å². The molecule has 138 valence electrons. The molecule has 0 saturated carbocycles. The van der Waals surface area contributed by atoms with Crippen LogP contribution in [0.25, 0.3) is 17.2 Å². The third kappa shape index (κ3) is 3.53. The maximum absolute atomic E-state index is 11.8. The number of ketones is 1. The average molecular weight is 370 g/mol. The number of para-hydroxylation sites is 1. The molecule has 4 rings (SSSR count). The van der Waals surface area contributed by atoms with Gasteiger partial charge in [0, 0.05) is 11.6 Å². The summed E-state index contributed by atoms with van der Waals surface area (Å²) in [6.45, 7) is 3.36. The van der Waals surface area contributed by atoms with Crippen molar-refractivity contribution >= 4 is 5.78 Å². The third-order valence-corrected chi connectivity index (χ3v) is 4.29. The lowest BCUT2D eigenvalue weighted by atomic mass is 10.2. The Morgan fingerprint density at radius 3 is 2.29 bits per heavy atom. The first-order valence-corrected chi connectivity index (χ1v) is 8.85. The quantitative estimate of drug-likeness (QED) is 0.479. The lowest BCUT2D eigenvalue weighted by molar-refractivity contribution is 0.101. The van der Waals surface area contributed by atoms with Gasteiger partial charge in [0.1, 0.15) is 5.75 Å². The van der Waals surface area contributed by atoms with Crippen molar-refractivity contribution in [3.8, 4) is 28.8 Å². The number of carbonyl (C=O) groups is 1. The first kappa shape index (κ1) is 17.6. The summed E-state index contributed by atoms with van der Waals surface area (Å²) in [5.41, 5.74) is 2.14. The van der Waals surface area contributed by atoms with Crippen LogP contribution in [0.3, 0.4) is 0 Å². The number of ether oxygens (including phenoxy) is 1. The molecule has 0 unspecified atom stereocenters. The molecule has 0 radical (unpaired) electrons. The fourth-order valence-electron chi connectivity index (χ4n) is 2.89. The number of hydrogen-bond donors (Lipinski definition) is 0. The lowest BCUT2D eigenvalue weighted by Gasteiger charge is -2.11. The summed E-state index contributed by atoms with van der Waals surface area (Å²) in [7, 11) is 0. The zero-order chi connectivity index (χ0) is 19.5. The Bertz CT molecular complexity index is 1120. The Hall–Kier alpha value is -3.80. The number of carbonyl (C=O) groups excluding carboxylic acids is 1. The summed E-state index contributed by atoms with van der Waals surface area (Å²) in [6, 6.07) is 20.8. The third-order valence-electron chi connectivity index (χ3n) is 4.29. The normalized spacial score (nSPS) is 10.6. The van der Waals surface area contributed by atoms with Crippen molar-refractivity contribution in [1.82, 2.24) is 19.7 Å². The van der Waals surface area contributed by atoms with Crippen LogP contribution in [0, 0.1) is 6.92 Å². The Labute approximate surface area is 162 Å². The lowest BCUT2D eigenvalue weighted by Crippen LogP contribution is -2.06. The van der Waals surface area contributed by atoms with Gasteiger partial charge in [0.05, 0.1) is 17.5 Å². The van der Waals surface area contributed by atoms with Crippen LogP contribution < -0.4 is 4.74 Å². The summed E-state index contributed by atoms with van der Waals surface area (Å²) < 4.78 is 7.57. The van der Waals surface area contributed by atoms with E-state index in [0.717, 1.165) is 11.3 Å². The second-order valence-corrected chi connectivity index (χ2v) is 6.28. The van der Waals surface area contributed by atoms with E-state index in [1.54, 1.807) is 16.9 Å². The summed E-state index contributed by atoms with van der Waals surface area (Å²) >= 11 is 0. The molecule has 28 heavy (non-hydrogen) atoms. The molecule has 0 aliphatic rings. The fraction of sp³-hybridized carbons (Fsp3) is 0.0909. The number of aromatic nitrogens is 4. The number of hydrogen-bond acceptors (Lipinski definition) is 5. The molecule has 0 aliphatic heterocycles. The second-order valence-electron chi connectivity index (χ2n) is 6.28. The van der Waals surface area contributed by atoms with Crippen molar-refractivity contribution in [2.24, 2.45) is 0 Å². The van der Waals surface area contributed by atoms with Crippen molar-refractivity contribution in [1.29, 1.82) is 0 Å². The molecule has 0 fully saturated rings. The van der Waals surface area contributed by atoms with E-state index < -0.39 is 0 Å². The van der Waals surface area contributed by atoms with Crippen molar-refractivity contribution in [2.45, 2.75) is 13.8 Å². The van der Waals surface area contributed by atoms with Crippen LogP contribution >= 0.6 is 0 Å². The predicted molar refractivity (Wildman–Crippen MR) is 106 cm³/mol. The molecule has 0 bridgehead atoms. The largest absolute Gasteiger partial charge is 0.439 e. The summed E-state index contributed by atoms with van der Waals surface area (Å²) in [4.78, 5) is 21.0. The van der Waals surface area contributed by atoms with Crippen molar-refractivity contribution < 1.29 is 9.53 Å². The van der Waals surface area contributed by atoms with E-state index in [1.807, 2.05) is 67.6 Å². The van der Waals surface area contributed by atoms with Gasteiger partial charge in [-0.05, 0) is 26.0 Å². The zero-order valence-corrected chi connectivity index (χ0v) is 15.5. The van der Waals surface area contributed by atoms with Crippen LogP contribution in [-0.2, 0) is 0 Å². The average Bonchev–Trinajstić information content (AvgIpc) is 3.11. The second kappa shape index (κ2) is 7.44.